The second kappa shape index (κ2) is 7.37. The Bertz CT molecular complexity index is 792. The zero-order valence-electron chi connectivity index (χ0n) is 15.5. The van der Waals surface area contributed by atoms with E-state index in [9.17, 15) is 9.90 Å². The summed E-state index contributed by atoms with van der Waals surface area (Å²) in [5, 5.41) is 12.9. The number of aromatic nitrogens is 3. The number of nitrogens with one attached hydrogen (secondary N) is 1. The van der Waals surface area contributed by atoms with Gasteiger partial charge < -0.3 is 15.3 Å². The molecule has 2 aromatic heterocycles. The van der Waals surface area contributed by atoms with Gasteiger partial charge in [-0.15, -0.1) is 0 Å². The van der Waals surface area contributed by atoms with Crippen molar-refractivity contribution in [2.75, 3.05) is 25.0 Å². The van der Waals surface area contributed by atoms with E-state index in [1.165, 1.54) is 0 Å². The number of hydrogen-bond donors (Lipinski definition) is 2. The molecular formula is C19H25N5O2. The fraction of sp³-hybridized carbons (Fsp3) is 0.474. The molecule has 1 aliphatic heterocycles. The van der Waals surface area contributed by atoms with E-state index in [4.69, 9.17) is 9.97 Å². The van der Waals surface area contributed by atoms with Crippen LogP contribution in [-0.2, 0) is 17.8 Å². The van der Waals surface area contributed by atoms with Crippen LogP contribution in [0.15, 0.2) is 24.5 Å². The molecule has 0 fully saturated rings. The third-order valence-corrected chi connectivity index (χ3v) is 4.61. The van der Waals surface area contributed by atoms with Gasteiger partial charge in [0.1, 0.15) is 5.82 Å². The molecule has 0 aliphatic carbocycles. The third kappa shape index (κ3) is 3.99. The maximum absolute atomic E-state index is 11.8. The van der Waals surface area contributed by atoms with Crippen LogP contribution in [0.4, 0.5) is 5.82 Å². The topological polar surface area (TPSA) is 91.2 Å². The van der Waals surface area contributed by atoms with E-state index in [0.717, 1.165) is 22.6 Å². The molecule has 7 heteroatoms. The number of fused-ring (bicyclic) bond motifs is 1. The number of nitrogens with zero attached hydrogens (tertiary/aromatic N) is 4. The second-order valence-electron chi connectivity index (χ2n) is 7.42. The number of anilines is 1. The molecule has 3 heterocycles. The summed E-state index contributed by atoms with van der Waals surface area (Å²) in [7, 11) is 0. The molecule has 0 bridgehead atoms. The molecule has 138 valence electrons. The van der Waals surface area contributed by atoms with Crippen LogP contribution in [0.1, 0.15) is 32.0 Å². The van der Waals surface area contributed by atoms with Crippen LogP contribution < -0.4 is 5.32 Å². The minimum absolute atomic E-state index is 0.0515. The van der Waals surface area contributed by atoms with Crippen LogP contribution in [0.25, 0.3) is 11.4 Å². The number of amides is 1. The Morgan fingerprint density at radius 3 is 2.69 bits per heavy atom. The van der Waals surface area contributed by atoms with Crippen molar-refractivity contribution in [1.29, 1.82) is 0 Å². The summed E-state index contributed by atoms with van der Waals surface area (Å²) in [5.74, 6) is 1.45. The molecule has 0 unspecified atom stereocenters. The number of carbonyl (C=O) groups excluding carboxylic acids is 1. The van der Waals surface area contributed by atoms with Crippen molar-refractivity contribution < 1.29 is 9.90 Å². The Kier molecular flexibility index (Phi) is 5.18. The lowest BCUT2D eigenvalue weighted by atomic mass is 9.94. The first kappa shape index (κ1) is 18.3. The molecule has 0 saturated heterocycles. The molecule has 0 radical (unpaired) electrons. The van der Waals surface area contributed by atoms with Crippen molar-refractivity contribution in [3.8, 4) is 11.4 Å². The van der Waals surface area contributed by atoms with Crippen LogP contribution >= 0.6 is 0 Å². The van der Waals surface area contributed by atoms with Crippen molar-refractivity contribution in [3.05, 3.63) is 35.8 Å². The lowest BCUT2D eigenvalue weighted by Gasteiger charge is -2.30. The molecular weight excluding hydrogens is 330 g/mol. The normalized spacial score (nSPS) is 14.1. The monoisotopic (exact) mass is 355 g/mol. The summed E-state index contributed by atoms with van der Waals surface area (Å²) in [5.41, 5.74) is 2.55. The first-order chi connectivity index (χ1) is 12.4. The SMILES string of the molecule is CC(=O)N1CCc2c(nc(-c3ccncc3)nc2NCC(C)(C)CO)C1. The Labute approximate surface area is 153 Å². The molecule has 1 amide bonds. The zero-order chi connectivity index (χ0) is 18.7. The summed E-state index contributed by atoms with van der Waals surface area (Å²) in [6.07, 6.45) is 4.14. The number of hydrogen-bond acceptors (Lipinski definition) is 6. The van der Waals surface area contributed by atoms with Gasteiger partial charge >= 0.3 is 0 Å². The Hall–Kier alpha value is -2.54. The van der Waals surface area contributed by atoms with Gasteiger partial charge in [-0.25, -0.2) is 9.97 Å². The largest absolute Gasteiger partial charge is 0.396 e. The quantitative estimate of drug-likeness (QED) is 0.851. The summed E-state index contributed by atoms with van der Waals surface area (Å²) >= 11 is 0. The second-order valence-corrected chi connectivity index (χ2v) is 7.42. The van der Waals surface area contributed by atoms with E-state index in [1.54, 1.807) is 24.2 Å². The van der Waals surface area contributed by atoms with Gasteiger partial charge in [0.2, 0.25) is 5.91 Å². The van der Waals surface area contributed by atoms with Gasteiger partial charge in [0.05, 0.1) is 12.2 Å². The van der Waals surface area contributed by atoms with Gasteiger partial charge in [-0.3, -0.25) is 9.78 Å². The Balaban J connectivity index is 1.99. The zero-order valence-corrected chi connectivity index (χ0v) is 15.5. The van der Waals surface area contributed by atoms with Crippen LogP contribution in [0.5, 0.6) is 0 Å². The van der Waals surface area contributed by atoms with Gasteiger partial charge in [-0.2, -0.15) is 0 Å². The minimum Gasteiger partial charge on any atom is -0.396 e. The molecule has 1 aliphatic rings. The summed E-state index contributed by atoms with van der Waals surface area (Å²) in [4.78, 5) is 27.1. The molecule has 2 aromatic rings. The van der Waals surface area contributed by atoms with E-state index < -0.39 is 0 Å². The Morgan fingerprint density at radius 1 is 1.31 bits per heavy atom. The summed E-state index contributed by atoms with van der Waals surface area (Å²) in [6, 6.07) is 3.74. The van der Waals surface area contributed by atoms with Crippen molar-refractivity contribution in [1.82, 2.24) is 19.9 Å². The molecule has 0 aromatic carbocycles. The third-order valence-electron chi connectivity index (χ3n) is 4.61. The Morgan fingerprint density at radius 2 is 2.04 bits per heavy atom. The van der Waals surface area contributed by atoms with E-state index >= 15 is 0 Å². The van der Waals surface area contributed by atoms with Crippen molar-refractivity contribution in [2.45, 2.75) is 33.7 Å². The highest BCUT2D eigenvalue weighted by molar-refractivity contribution is 5.74. The predicted molar refractivity (Wildman–Crippen MR) is 99.4 cm³/mol. The van der Waals surface area contributed by atoms with Gasteiger partial charge in [-0.1, -0.05) is 13.8 Å². The van der Waals surface area contributed by atoms with E-state index in [-0.39, 0.29) is 17.9 Å². The van der Waals surface area contributed by atoms with Gasteiger partial charge in [0.25, 0.3) is 0 Å². The number of rotatable bonds is 5. The number of carbonyl (C=O) groups is 1. The highest BCUT2D eigenvalue weighted by atomic mass is 16.3. The maximum atomic E-state index is 11.8. The van der Waals surface area contributed by atoms with E-state index in [0.29, 0.717) is 31.9 Å². The standard InChI is InChI=1S/C19H25N5O2/c1-13(26)24-9-6-15-16(10-24)22-17(14-4-7-20-8-5-14)23-18(15)21-11-19(2,3)12-25/h4-5,7-8,25H,6,9-12H2,1-3H3,(H,21,22,23). The number of aliphatic hydroxyl groups is 1. The molecule has 7 nitrogen and oxygen atoms in total. The fourth-order valence-corrected chi connectivity index (χ4v) is 2.85. The smallest absolute Gasteiger partial charge is 0.219 e. The lowest BCUT2D eigenvalue weighted by molar-refractivity contribution is -0.129. The maximum Gasteiger partial charge on any atom is 0.219 e. The molecule has 0 spiro atoms. The van der Waals surface area contributed by atoms with Crippen molar-refractivity contribution >= 4 is 11.7 Å². The van der Waals surface area contributed by atoms with E-state index in [1.807, 2.05) is 26.0 Å². The molecule has 0 saturated carbocycles. The van der Waals surface area contributed by atoms with Crippen molar-refractivity contribution in [3.63, 3.8) is 0 Å². The van der Waals surface area contributed by atoms with Crippen LogP contribution in [0, 0.1) is 5.41 Å². The van der Waals surface area contributed by atoms with Gasteiger partial charge in [0.15, 0.2) is 5.82 Å². The van der Waals surface area contributed by atoms with Crippen LogP contribution in [0.3, 0.4) is 0 Å². The number of pyridine rings is 1. The minimum atomic E-state index is -0.255. The number of aliphatic hydroxyl groups excluding tert-OH is 1. The average molecular weight is 355 g/mol. The highest BCUT2D eigenvalue weighted by Crippen LogP contribution is 2.28. The first-order valence-electron chi connectivity index (χ1n) is 8.80. The van der Waals surface area contributed by atoms with E-state index in [2.05, 4.69) is 10.3 Å². The van der Waals surface area contributed by atoms with Crippen LogP contribution in [-0.4, -0.2) is 50.6 Å². The first-order valence-corrected chi connectivity index (χ1v) is 8.80. The van der Waals surface area contributed by atoms with Crippen LogP contribution in [0.2, 0.25) is 0 Å². The summed E-state index contributed by atoms with van der Waals surface area (Å²) in [6.45, 7) is 7.41. The molecule has 26 heavy (non-hydrogen) atoms. The van der Waals surface area contributed by atoms with Gasteiger partial charge in [0, 0.05) is 55.6 Å². The summed E-state index contributed by atoms with van der Waals surface area (Å²) < 4.78 is 0. The molecule has 0 atom stereocenters. The predicted octanol–water partition coefficient (Wildman–Crippen LogP) is 1.87. The molecule has 2 N–H and O–H groups in total. The highest BCUT2D eigenvalue weighted by Gasteiger charge is 2.25. The average Bonchev–Trinajstić information content (AvgIpc) is 2.66. The van der Waals surface area contributed by atoms with Gasteiger partial charge in [-0.05, 0) is 18.6 Å². The van der Waals surface area contributed by atoms with Crippen molar-refractivity contribution in [2.24, 2.45) is 5.41 Å². The fourth-order valence-electron chi connectivity index (χ4n) is 2.85. The lowest BCUT2D eigenvalue weighted by Crippen LogP contribution is -2.36. The molecule has 3 rings (SSSR count).